The second-order valence-electron chi connectivity index (χ2n) is 8.25. The molecule has 2 aliphatic rings. The maximum atomic E-state index is 12.8. The second kappa shape index (κ2) is 8.64. The number of fused-ring (bicyclic) bond motifs is 1. The van der Waals surface area contributed by atoms with Crippen molar-refractivity contribution >= 4 is 28.8 Å². The quantitative estimate of drug-likeness (QED) is 0.534. The molecule has 3 N–H and O–H groups in total. The molecule has 2 atom stereocenters. The van der Waals surface area contributed by atoms with Gasteiger partial charge in [0.05, 0.1) is 11.0 Å². The van der Waals surface area contributed by atoms with Crippen LogP contribution >= 0.6 is 0 Å². The third kappa shape index (κ3) is 4.26. The van der Waals surface area contributed by atoms with E-state index in [1.54, 1.807) is 7.05 Å². The number of piperazine rings is 1. The molecule has 2 aromatic rings. The number of hydrogen-bond donors (Lipinski definition) is 3. The van der Waals surface area contributed by atoms with E-state index in [-0.39, 0.29) is 18.0 Å². The zero-order valence-corrected chi connectivity index (χ0v) is 17.5. The Labute approximate surface area is 178 Å². The summed E-state index contributed by atoms with van der Waals surface area (Å²) in [7, 11) is 1.68. The number of amides is 2. The number of nitrogens with one attached hydrogen (secondary N) is 2. The highest BCUT2D eigenvalue weighted by Crippen LogP contribution is 2.24. The number of carboxylic acid groups (broad SMARTS) is 1. The summed E-state index contributed by atoms with van der Waals surface area (Å²) in [5.74, 6) is -1.57. The number of rotatable bonds is 6. The van der Waals surface area contributed by atoms with Crippen LogP contribution in [-0.4, -0.2) is 69.1 Å². The van der Waals surface area contributed by atoms with Gasteiger partial charge in [-0.1, -0.05) is 6.07 Å². The monoisotopic (exact) mass is 429 g/mol. The lowest BCUT2D eigenvalue weighted by atomic mass is 10.0. The molecule has 10 heteroatoms. The molecular formula is C21H27N5O5. The normalized spacial score (nSPS) is 22.6. The van der Waals surface area contributed by atoms with Gasteiger partial charge in [-0.05, 0) is 43.5 Å². The molecule has 0 bridgehead atoms. The van der Waals surface area contributed by atoms with E-state index in [1.807, 2.05) is 18.2 Å². The van der Waals surface area contributed by atoms with Gasteiger partial charge in [-0.3, -0.25) is 33.7 Å². The summed E-state index contributed by atoms with van der Waals surface area (Å²) in [6, 6.07) is 4.58. The minimum Gasteiger partial charge on any atom is -0.480 e. The van der Waals surface area contributed by atoms with Gasteiger partial charge in [0.25, 0.3) is 0 Å². The number of benzene rings is 1. The van der Waals surface area contributed by atoms with Gasteiger partial charge in [0, 0.05) is 33.1 Å². The van der Waals surface area contributed by atoms with Crippen LogP contribution in [0.4, 0.5) is 0 Å². The van der Waals surface area contributed by atoms with Crippen molar-refractivity contribution in [1.82, 2.24) is 24.7 Å². The topological polar surface area (TPSA) is 126 Å². The van der Waals surface area contributed by atoms with Crippen molar-refractivity contribution in [3.8, 4) is 0 Å². The van der Waals surface area contributed by atoms with Crippen molar-refractivity contribution in [2.45, 2.75) is 37.8 Å². The number of hydrogen-bond acceptors (Lipinski definition) is 6. The largest absolute Gasteiger partial charge is 0.480 e. The van der Waals surface area contributed by atoms with Crippen molar-refractivity contribution in [1.29, 1.82) is 0 Å². The number of imidazole rings is 1. The molecule has 0 radical (unpaired) electrons. The van der Waals surface area contributed by atoms with E-state index in [0.717, 1.165) is 37.0 Å². The predicted octanol–water partition coefficient (Wildman–Crippen LogP) is -0.391. The minimum atomic E-state index is -0.823. The second-order valence-corrected chi connectivity index (χ2v) is 8.25. The van der Waals surface area contributed by atoms with E-state index in [9.17, 15) is 24.3 Å². The highest BCUT2D eigenvalue weighted by Gasteiger charge is 2.31. The van der Waals surface area contributed by atoms with Crippen molar-refractivity contribution in [3.05, 3.63) is 34.2 Å². The summed E-state index contributed by atoms with van der Waals surface area (Å²) < 4.78 is 3.02. The first kappa shape index (κ1) is 21.3. The summed E-state index contributed by atoms with van der Waals surface area (Å²) in [4.78, 5) is 49.9. The summed E-state index contributed by atoms with van der Waals surface area (Å²) in [5, 5.41) is 14.5. The summed E-state index contributed by atoms with van der Waals surface area (Å²) in [6.07, 6.45) is 2.20. The Morgan fingerprint density at radius 2 is 2.03 bits per heavy atom. The van der Waals surface area contributed by atoms with E-state index >= 15 is 0 Å². The molecule has 2 amide bonds. The standard InChI is InChI=1S/C21H27N5O5/c1-24-17-11-13(3-2-9-25-10-8-22-14(12-25)20(29)30)4-5-15(17)26(21(24)31)16-6-7-18(27)23-19(16)28/h4-5,11,14,16,22H,2-3,6-10,12H2,1H3,(H,29,30)(H,23,27,28)/t14-,16?/m1/s1. The molecule has 1 unspecified atom stereocenters. The maximum absolute atomic E-state index is 12.8. The van der Waals surface area contributed by atoms with Crippen LogP contribution in [0.5, 0.6) is 0 Å². The Bertz CT molecular complexity index is 1090. The van der Waals surface area contributed by atoms with E-state index in [0.29, 0.717) is 25.0 Å². The van der Waals surface area contributed by atoms with E-state index < -0.39 is 24.0 Å². The predicted molar refractivity (Wildman–Crippen MR) is 113 cm³/mol. The van der Waals surface area contributed by atoms with Crippen LogP contribution in [0, 0.1) is 0 Å². The fraction of sp³-hybridized carbons (Fsp3) is 0.524. The number of carboxylic acids is 1. The van der Waals surface area contributed by atoms with Crippen LogP contribution in [0.1, 0.15) is 30.9 Å². The van der Waals surface area contributed by atoms with Gasteiger partial charge in [-0.15, -0.1) is 0 Å². The number of carbonyl (C=O) groups is 3. The van der Waals surface area contributed by atoms with Gasteiger partial charge < -0.3 is 10.4 Å². The first-order chi connectivity index (χ1) is 14.8. The van der Waals surface area contributed by atoms with E-state index in [1.165, 1.54) is 9.13 Å². The lowest BCUT2D eigenvalue weighted by Gasteiger charge is -2.31. The number of aryl methyl sites for hydroxylation is 2. The van der Waals surface area contributed by atoms with Crippen LogP contribution < -0.4 is 16.3 Å². The number of nitrogens with zero attached hydrogens (tertiary/aromatic N) is 3. The molecule has 4 rings (SSSR count). The number of aliphatic carboxylic acids is 1. The average molecular weight is 429 g/mol. The molecule has 2 aliphatic heterocycles. The molecule has 1 aromatic heterocycles. The zero-order chi connectivity index (χ0) is 22.1. The van der Waals surface area contributed by atoms with E-state index in [4.69, 9.17) is 0 Å². The Morgan fingerprint density at radius 1 is 1.23 bits per heavy atom. The molecule has 166 valence electrons. The summed E-state index contributed by atoms with van der Waals surface area (Å²) in [6.45, 7) is 2.79. The Kier molecular flexibility index (Phi) is 5.92. The van der Waals surface area contributed by atoms with Crippen molar-refractivity contribution in [2.24, 2.45) is 7.05 Å². The van der Waals surface area contributed by atoms with Crippen molar-refractivity contribution in [2.75, 3.05) is 26.2 Å². The van der Waals surface area contributed by atoms with Crippen LogP contribution in [0.3, 0.4) is 0 Å². The number of imide groups is 1. The zero-order valence-electron chi connectivity index (χ0n) is 17.5. The molecule has 2 fully saturated rings. The smallest absolute Gasteiger partial charge is 0.329 e. The van der Waals surface area contributed by atoms with Crippen molar-refractivity contribution in [3.63, 3.8) is 0 Å². The summed E-state index contributed by atoms with van der Waals surface area (Å²) >= 11 is 0. The van der Waals surface area contributed by atoms with Crippen molar-refractivity contribution < 1.29 is 19.5 Å². The molecule has 0 saturated carbocycles. The van der Waals surface area contributed by atoms with E-state index in [2.05, 4.69) is 15.5 Å². The lowest BCUT2D eigenvalue weighted by molar-refractivity contribution is -0.141. The van der Waals surface area contributed by atoms with Gasteiger partial charge in [-0.2, -0.15) is 0 Å². The molecule has 0 spiro atoms. The molecule has 0 aliphatic carbocycles. The SMILES string of the molecule is Cn1c(=O)n(C2CCC(=O)NC2=O)c2ccc(CCCN3CCN[C@@H](C(=O)O)C3)cc21. The fourth-order valence-electron chi connectivity index (χ4n) is 4.48. The third-order valence-corrected chi connectivity index (χ3v) is 6.17. The van der Waals surface area contributed by atoms with Gasteiger partial charge in [0.1, 0.15) is 12.1 Å². The molecule has 10 nitrogen and oxygen atoms in total. The molecular weight excluding hydrogens is 402 g/mol. The number of carbonyl (C=O) groups excluding carboxylic acids is 2. The highest BCUT2D eigenvalue weighted by molar-refractivity contribution is 6.00. The number of piperidine rings is 1. The molecule has 2 saturated heterocycles. The fourth-order valence-corrected chi connectivity index (χ4v) is 4.48. The number of aromatic nitrogens is 2. The first-order valence-electron chi connectivity index (χ1n) is 10.6. The lowest BCUT2D eigenvalue weighted by Crippen LogP contribution is -2.54. The van der Waals surface area contributed by atoms with Gasteiger partial charge in [0.2, 0.25) is 11.8 Å². The molecule has 31 heavy (non-hydrogen) atoms. The van der Waals surface area contributed by atoms with Crippen LogP contribution in [0.15, 0.2) is 23.0 Å². The van der Waals surface area contributed by atoms with Crippen LogP contribution in [0.2, 0.25) is 0 Å². The minimum absolute atomic E-state index is 0.214. The average Bonchev–Trinajstić information content (AvgIpc) is 2.99. The van der Waals surface area contributed by atoms with Gasteiger partial charge in [0.15, 0.2) is 0 Å². The third-order valence-electron chi connectivity index (χ3n) is 6.17. The summed E-state index contributed by atoms with van der Waals surface area (Å²) in [5.41, 5.74) is 2.23. The molecule has 1 aromatic carbocycles. The Morgan fingerprint density at radius 3 is 2.77 bits per heavy atom. The highest BCUT2D eigenvalue weighted by atomic mass is 16.4. The Hall–Kier alpha value is -2.98. The maximum Gasteiger partial charge on any atom is 0.329 e. The first-order valence-corrected chi connectivity index (χ1v) is 10.6. The van der Waals surface area contributed by atoms with Crippen LogP contribution in [0.25, 0.3) is 11.0 Å². The van der Waals surface area contributed by atoms with Gasteiger partial charge in [-0.25, -0.2) is 4.79 Å². The molecule has 3 heterocycles. The van der Waals surface area contributed by atoms with Crippen LogP contribution in [-0.2, 0) is 27.9 Å². The Balaban J connectivity index is 1.47. The van der Waals surface area contributed by atoms with Gasteiger partial charge >= 0.3 is 11.7 Å².